The van der Waals surface area contributed by atoms with Gasteiger partial charge in [0.1, 0.15) is 12.4 Å². The number of benzene rings is 1. The zero-order chi connectivity index (χ0) is 20.2. The van der Waals surface area contributed by atoms with Crippen molar-refractivity contribution < 1.29 is 18.8 Å². The first-order chi connectivity index (χ1) is 14.1. The maximum Gasteiger partial charge on any atom is 0.255 e. The van der Waals surface area contributed by atoms with Gasteiger partial charge in [0.2, 0.25) is 0 Å². The van der Waals surface area contributed by atoms with Crippen LogP contribution in [0, 0.1) is 6.92 Å². The number of hydrogen-bond donors (Lipinski definition) is 1. The Hall–Kier alpha value is -3.55. The molecule has 3 aromatic rings. The topological polar surface area (TPSA) is 89.7 Å². The summed E-state index contributed by atoms with van der Waals surface area (Å²) in [6, 6.07) is 12.9. The molecule has 8 heteroatoms. The fourth-order valence-corrected chi connectivity index (χ4v) is 3.06. The standard InChI is InChI=1S/C21H22N4O4/c1-14-9-16(29-24-14)11-23-20-8-7-15(10-22-20)21(26)25(2)12-17-13-27-18-5-3-4-6-19(18)28-17/h3-10,17H,11-13H2,1-2H3,(H,22,23). The molecular formula is C21H22N4O4. The van der Waals surface area contributed by atoms with Gasteiger partial charge in [0.05, 0.1) is 24.3 Å². The lowest BCUT2D eigenvalue weighted by molar-refractivity contribution is 0.0520. The molecule has 0 radical (unpaired) electrons. The summed E-state index contributed by atoms with van der Waals surface area (Å²) in [5.74, 6) is 2.67. The molecule has 150 valence electrons. The number of fused-ring (bicyclic) bond motifs is 1. The molecule has 0 bridgehead atoms. The van der Waals surface area contributed by atoms with Crippen molar-refractivity contribution in [1.29, 1.82) is 0 Å². The van der Waals surface area contributed by atoms with Gasteiger partial charge in [-0.2, -0.15) is 0 Å². The quantitative estimate of drug-likeness (QED) is 0.687. The van der Waals surface area contributed by atoms with E-state index in [9.17, 15) is 4.79 Å². The summed E-state index contributed by atoms with van der Waals surface area (Å²) < 4.78 is 16.8. The number of amides is 1. The van der Waals surface area contributed by atoms with E-state index in [4.69, 9.17) is 14.0 Å². The smallest absolute Gasteiger partial charge is 0.255 e. The second-order valence-electron chi connectivity index (χ2n) is 6.90. The number of pyridine rings is 1. The molecule has 0 fully saturated rings. The molecule has 1 aliphatic rings. The van der Waals surface area contributed by atoms with Gasteiger partial charge in [0.25, 0.3) is 5.91 Å². The lowest BCUT2D eigenvalue weighted by Crippen LogP contribution is -2.41. The summed E-state index contributed by atoms with van der Waals surface area (Å²) in [6.45, 7) is 3.15. The van der Waals surface area contributed by atoms with Crippen LogP contribution in [0.4, 0.5) is 5.82 Å². The molecule has 1 aliphatic heterocycles. The molecule has 0 aliphatic carbocycles. The zero-order valence-corrected chi connectivity index (χ0v) is 16.3. The van der Waals surface area contributed by atoms with E-state index < -0.39 is 0 Å². The molecule has 4 rings (SSSR count). The van der Waals surface area contributed by atoms with Gasteiger partial charge in [-0.1, -0.05) is 17.3 Å². The predicted octanol–water partition coefficient (Wildman–Crippen LogP) is 2.90. The third-order valence-electron chi connectivity index (χ3n) is 4.52. The largest absolute Gasteiger partial charge is 0.486 e. The van der Waals surface area contributed by atoms with E-state index in [1.54, 1.807) is 30.3 Å². The summed E-state index contributed by atoms with van der Waals surface area (Å²) in [7, 11) is 1.74. The number of hydrogen-bond acceptors (Lipinski definition) is 7. The van der Waals surface area contributed by atoms with Crippen LogP contribution in [-0.4, -0.2) is 47.3 Å². The van der Waals surface area contributed by atoms with Gasteiger partial charge in [-0.25, -0.2) is 4.98 Å². The molecule has 0 spiro atoms. The Morgan fingerprint density at radius 1 is 1.24 bits per heavy atom. The first kappa shape index (κ1) is 18.8. The molecule has 1 unspecified atom stereocenters. The first-order valence-electron chi connectivity index (χ1n) is 9.34. The first-order valence-corrected chi connectivity index (χ1v) is 9.34. The molecule has 1 atom stereocenters. The second kappa shape index (κ2) is 8.22. The number of likely N-dealkylation sites (N-methyl/N-ethyl adjacent to an activating group) is 1. The van der Waals surface area contributed by atoms with Crippen LogP contribution >= 0.6 is 0 Å². The maximum absolute atomic E-state index is 12.7. The number of nitrogens with zero attached hydrogens (tertiary/aromatic N) is 3. The molecule has 2 aromatic heterocycles. The Bertz CT molecular complexity index is 986. The Kier molecular flexibility index (Phi) is 5.33. The highest BCUT2D eigenvalue weighted by Gasteiger charge is 2.24. The van der Waals surface area contributed by atoms with Gasteiger partial charge in [-0.3, -0.25) is 4.79 Å². The van der Waals surface area contributed by atoms with Crippen LogP contribution in [-0.2, 0) is 6.54 Å². The van der Waals surface area contributed by atoms with Crippen LogP contribution in [0.25, 0.3) is 0 Å². The maximum atomic E-state index is 12.7. The SMILES string of the molecule is Cc1cc(CNc2ccc(C(=O)N(C)CC3COc4ccccc4O3)cn2)on1. The Morgan fingerprint density at radius 3 is 2.79 bits per heavy atom. The minimum Gasteiger partial charge on any atom is -0.486 e. The lowest BCUT2D eigenvalue weighted by Gasteiger charge is -2.29. The van der Waals surface area contributed by atoms with Gasteiger partial charge < -0.3 is 24.2 Å². The number of anilines is 1. The van der Waals surface area contributed by atoms with Crippen LogP contribution in [0.1, 0.15) is 21.8 Å². The van der Waals surface area contributed by atoms with Gasteiger partial charge in [0, 0.05) is 19.3 Å². The average Bonchev–Trinajstić information content (AvgIpc) is 3.17. The highest BCUT2D eigenvalue weighted by atomic mass is 16.6. The van der Waals surface area contributed by atoms with E-state index in [0.29, 0.717) is 36.8 Å². The summed E-state index contributed by atoms with van der Waals surface area (Å²) in [5.41, 5.74) is 1.33. The molecule has 1 aromatic carbocycles. The monoisotopic (exact) mass is 394 g/mol. The van der Waals surface area contributed by atoms with Crippen LogP contribution in [0.15, 0.2) is 53.2 Å². The molecule has 0 saturated carbocycles. The number of nitrogens with one attached hydrogen (secondary N) is 1. The molecule has 8 nitrogen and oxygen atoms in total. The van der Waals surface area contributed by atoms with E-state index in [1.807, 2.05) is 37.3 Å². The zero-order valence-electron chi connectivity index (χ0n) is 16.3. The second-order valence-corrected chi connectivity index (χ2v) is 6.90. The molecule has 1 N–H and O–H groups in total. The van der Waals surface area contributed by atoms with Crippen molar-refractivity contribution in [1.82, 2.24) is 15.0 Å². The number of aryl methyl sites for hydroxylation is 1. The minimum absolute atomic E-state index is 0.127. The number of carbonyl (C=O) groups is 1. The van der Waals surface area contributed by atoms with Crippen molar-refractivity contribution in [2.75, 3.05) is 25.5 Å². The highest BCUT2D eigenvalue weighted by molar-refractivity contribution is 5.93. The minimum atomic E-state index is -0.224. The van der Waals surface area contributed by atoms with Gasteiger partial charge in [-0.05, 0) is 31.2 Å². The average molecular weight is 394 g/mol. The van der Waals surface area contributed by atoms with Crippen LogP contribution < -0.4 is 14.8 Å². The fourth-order valence-electron chi connectivity index (χ4n) is 3.06. The van der Waals surface area contributed by atoms with Crippen molar-refractivity contribution in [2.45, 2.75) is 19.6 Å². The van der Waals surface area contributed by atoms with Crippen molar-refractivity contribution in [3.63, 3.8) is 0 Å². The van der Waals surface area contributed by atoms with Gasteiger partial charge >= 0.3 is 0 Å². The van der Waals surface area contributed by atoms with Crippen molar-refractivity contribution >= 4 is 11.7 Å². The van der Waals surface area contributed by atoms with E-state index >= 15 is 0 Å². The van der Waals surface area contributed by atoms with Crippen molar-refractivity contribution in [3.8, 4) is 11.5 Å². The van der Waals surface area contributed by atoms with Crippen LogP contribution in [0.2, 0.25) is 0 Å². The number of ether oxygens (including phenoxy) is 2. The van der Waals surface area contributed by atoms with Crippen LogP contribution in [0.3, 0.4) is 0 Å². The summed E-state index contributed by atoms with van der Waals surface area (Å²) in [5, 5.41) is 6.98. The van der Waals surface area contributed by atoms with E-state index in [1.165, 1.54) is 0 Å². The van der Waals surface area contributed by atoms with Gasteiger partial charge in [-0.15, -0.1) is 0 Å². The Balaban J connectivity index is 1.31. The molecule has 3 heterocycles. The lowest BCUT2D eigenvalue weighted by atomic mass is 10.2. The van der Waals surface area contributed by atoms with Crippen molar-refractivity contribution in [3.05, 3.63) is 65.7 Å². The van der Waals surface area contributed by atoms with Crippen molar-refractivity contribution in [2.24, 2.45) is 0 Å². The molecule has 0 saturated heterocycles. The number of carbonyl (C=O) groups excluding carboxylic acids is 1. The third kappa shape index (κ3) is 4.48. The fraction of sp³-hybridized carbons (Fsp3) is 0.286. The Morgan fingerprint density at radius 2 is 2.07 bits per heavy atom. The molecule has 29 heavy (non-hydrogen) atoms. The number of aromatic nitrogens is 2. The highest BCUT2D eigenvalue weighted by Crippen LogP contribution is 2.31. The number of rotatable bonds is 6. The van der Waals surface area contributed by atoms with E-state index in [-0.39, 0.29) is 12.0 Å². The number of para-hydroxylation sites is 2. The third-order valence-corrected chi connectivity index (χ3v) is 4.52. The Labute approximate surface area is 168 Å². The van der Waals surface area contributed by atoms with E-state index in [0.717, 1.165) is 17.2 Å². The normalized spacial score (nSPS) is 15.0. The predicted molar refractivity (Wildman–Crippen MR) is 106 cm³/mol. The summed E-state index contributed by atoms with van der Waals surface area (Å²) in [6.07, 6.45) is 1.33. The summed E-state index contributed by atoms with van der Waals surface area (Å²) in [4.78, 5) is 18.6. The summed E-state index contributed by atoms with van der Waals surface area (Å²) >= 11 is 0. The molecule has 1 amide bonds. The van der Waals surface area contributed by atoms with Crippen LogP contribution in [0.5, 0.6) is 11.5 Å². The van der Waals surface area contributed by atoms with Gasteiger partial charge in [0.15, 0.2) is 23.4 Å². The molecular weight excluding hydrogens is 372 g/mol. The van der Waals surface area contributed by atoms with E-state index in [2.05, 4.69) is 15.5 Å².